The zero-order valence-corrected chi connectivity index (χ0v) is 21.7. The number of hydrogen-bond acceptors (Lipinski definition) is 5. The SMILES string of the molecule is CCN(CC)CCCC(C)NC(=O)c1cc(-c2ccccc2OC)n2nc(C(C)(C)C)cc2n1. The summed E-state index contributed by atoms with van der Waals surface area (Å²) in [6.45, 7) is 15.9. The van der Waals surface area contributed by atoms with Crippen LogP contribution in [0, 0.1) is 0 Å². The molecule has 0 aliphatic rings. The fourth-order valence-electron chi connectivity index (χ4n) is 4.04. The number of para-hydroxylation sites is 1. The van der Waals surface area contributed by atoms with Crippen molar-refractivity contribution in [2.45, 2.75) is 65.8 Å². The summed E-state index contributed by atoms with van der Waals surface area (Å²) in [6, 6.07) is 11.6. The van der Waals surface area contributed by atoms with Gasteiger partial charge in [0, 0.05) is 23.1 Å². The highest BCUT2D eigenvalue weighted by Gasteiger charge is 2.23. The first-order valence-corrected chi connectivity index (χ1v) is 12.3. The Balaban J connectivity index is 1.93. The van der Waals surface area contributed by atoms with E-state index in [2.05, 4.69) is 56.7 Å². The molecule has 1 atom stereocenters. The highest BCUT2D eigenvalue weighted by molar-refractivity contribution is 5.94. The number of methoxy groups -OCH3 is 1. The zero-order chi connectivity index (χ0) is 24.9. The molecule has 0 bridgehead atoms. The van der Waals surface area contributed by atoms with E-state index in [4.69, 9.17) is 9.84 Å². The number of aromatic nitrogens is 3. The number of carbonyl (C=O) groups is 1. The van der Waals surface area contributed by atoms with Crippen LogP contribution in [-0.4, -0.2) is 58.2 Å². The topological polar surface area (TPSA) is 71.8 Å². The van der Waals surface area contributed by atoms with Gasteiger partial charge >= 0.3 is 0 Å². The van der Waals surface area contributed by atoms with Gasteiger partial charge in [-0.25, -0.2) is 9.50 Å². The van der Waals surface area contributed by atoms with Crippen molar-refractivity contribution >= 4 is 11.6 Å². The highest BCUT2D eigenvalue weighted by Crippen LogP contribution is 2.31. The highest BCUT2D eigenvalue weighted by atomic mass is 16.5. The molecule has 1 aromatic carbocycles. The van der Waals surface area contributed by atoms with Crippen LogP contribution in [0.15, 0.2) is 36.4 Å². The smallest absolute Gasteiger partial charge is 0.270 e. The van der Waals surface area contributed by atoms with E-state index in [1.807, 2.05) is 40.9 Å². The molecule has 0 aliphatic carbocycles. The maximum atomic E-state index is 13.2. The lowest BCUT2D eigenvalue weighted by Crippen LogP contribution is -2.34. The molecule has 0 spiro atoms. The molecule has 0 saturated heterocycles. The largest absolute Gasteiger partial charge is 0.496 e. The third-order valence-electron chi connectivity index (χ3n) is 6.19. The third kappa shape index (κ3) is 5.95. The lowest BCUT2D eigenvalue weighted by atomic mass is 9.93. The van der Waals surface area contributed by atoms with Gasteiger partial charge in [-0.05, 0) is 57.6 Å². The van der Waals surface area contributed by atoms with Crippen LogP contribution in [0.4, 0.5) is 0 Å². The number of ether oxygens (including phenoxy) is 1. The Morgan fingerprint density at radius 1 is 1.18 bits per heavy atom. The van der Waals surface area contributed by atoms with Gasteiger partial charge in [-0.1, -0.05) is 46.8 Å². The second-order valence-corrected chi connectivity index (χ2v) is 9.82. The number of amides is 1. The fourth-order valence-corrected chi connectivity index (χ4v) is 4.04. The number of hydrogen-bond donors (Lipinski definition) is 1. The van der Waals surface area contributed by atoms with Crippen LogP contribution in [0.3, 0.4) is 0 Å². The van der Waals surface area contributed by atoms with Crippen molar-refractivity contribution in [2.75, 3.05) is 26.7 Å². The molecule has 7 heteroatoms. The first-order valence-electron chi connectivity index (χ1n) is 12.3. The summed E-state index contributed by atoms with van der Waals surface area (Å²) in [7, 11) is 1.65. The van der Waals surface area contributed by atoms with Crippen molar-refractivity contribution < 1.29 is 9.53 Å². The quantitative estimate of drug-likeness (QED) is 0.459. The van der Waals surface area contributed by atoms with E-state index in [0.29, 0.717) is 11.3 Å². The van der Waals surface area contributed by atoms with Crippen molar-refractivity contribution in [2.24, 2.45) is 0 Å². The molecule has 7 nitrogen and oxygen atoms in total. The van der Waals surface area contributed by atoms with Gasteiger partial charge < -0.3 is 15.0 Å². The first kappa shape index (κ1) is 25.7. The maximum absolute atomic E-state index is 13.2. The normalized spacial score (nSPS) is 12.8. The number of fused-ring (bicyclic) bond motifs is 1. The van der Waals surface area contributed by atoms with E-state index >= 15 is 0 Å². The summed E-state index contributed by atoms with van der Waals surface area (Å²) in [5, 5.41) is 7.97. The maximum Gasteiger partial charge on any atom is 0.270 e. The summed E-state index contributed by atoms with van der Waals surface area (Å²) in [6.07, 6.45) is 1.96. The van der Waals surface area contributed by atoms with Gasteiger partial charge in [0.15, 0.2) is 5.65 Å². The van der Waals surface area contributed by atoms with Gasteiger partial charge in [0.1, 0.15) is 11.4 Å². The van der Waals surface area contributed by atoms with E-state index in [1.54, 1.807) is 7.11 Å². The molecule has 3 rings (SSSR count). The lowest BCUT2D eigenvalue weighted by Gasteiger charge is -2.20. The predicted molar refractivity (Wildman–Crippen MR) is 138 cm³/mol. The monoisotopic (exact) mass is 465 g/mol. The summed E-state index contributed by atoms with van der Waals surface area (Å²) in [5.74, 6) is 0.548. The van der Waals surface area contributed by atoms with Crippen molar-refractivity contribution in [1.82, 2.24) is 24.8 Å². The molecule has 1 unspecified atom stereocenters. The van der Waals surface area contributed by atoms with Crippen molar-refractivity contribution in [3.63, 3.8) is 0 Å². The van der Waals surface area contributed by atoms with Crippen LogP contribution in [-0.2, 0) is 5.41 Å². The van der Waals surface area contributed by atoms with E-state index < -0.39 is 0 Å². The average molecular weight is 466 g/mol. The molecule has 2 aromatic heterocycles. The molecule has 2 heterocycles. The molecule has 0 fully saturated rings. The molecular weight excluding hydrogens is 426 g/mol. The van der Waals surface area contributed by atoms with Gasteiger partial charge in [-0.3, -0.25) is 4.79 Å². The van der Waals surface area contributed by atoms with E-state index in [1.165, 1.54) is 0 Å². The van der Waals surface area contributed by atoms with Gasteiger partial charge in [0.2, 0.25) is 0 Å². The Morgan fingerprint density at radius 2 is 1.88 bits per heavy atom. The van der Waals surface area contributed by atoms with Crippen LogP contribution in [0.25, 0.3) is 16.9 Å². The average Bonchev–Trinajstić information content (AvgIpc) is 3.26. The minimum Gasteiger partial charge on any atom is -0.496 e. The second-order valence-electron chi connectivity index (χ2n) is 9.82. The van der Waals surface area contributed by atoms with Crippen molar-refractivity contribution in [3.8, 4) is 17.0 Å². The summed E-state index contributed by atoms with van der Waals surface area (Å²) in [4.78, 5) is 20.3. The fraction of sp³-hybridized carbons (Fsp3) is 0.519. The molecule has 1 N–H and O–H groups in total. The van der Waals surface area contributed by atoms with Crippen molar-refractivity contribution in [1.29, 1.82) is 0 Å². The van der Waals surface area contributed by atoms with Crippen LogP contribution in [0.5, 0.6) is 5.75 Å². The number of nitrogens with one attached hydrogen (secondary N) is 1. The van der Waals surface area contributed by atoms with Gasteiger partial charge in [0.05, 0.1) is 18.5 Å². The van der Waals surface area contributed by atoms with Crippen LogP contribution in [0.1, 0.15) is 70.6 Å². The molecule has 0 aliphatic heterocycles. The molecule has 1 amide bonds. The molecule has 34 heavy (non-hydrogen) atoms. The van der Waals surface area contributed by atoms with Crippen LogP contribution in [0.2, 0.25) is 0 Å². The second kappa shape index (κ2) is 11.0. The number of nitrogens with zero attached hydrogens (tertiary/aromatic N) is 4. The van der Waals surface area contributed by atoms with Gasteiger partial charge in [0.25, 0.3) is 5.91 Å². The van der Waals surface area contributed by atoms with Gasteiger partial charge in [-0.2, -0.15) is 5.10 Å². The van der Waals surface area contributed by atoms with E-state index in [-0.39, 0.29) is 17.4 Å². The Bertz CT molecular complexity index is 1110. The summed E-state index contributed by atoms with van der Waals surface area (Å²) in [5.41, 5.74) is 3.43. The first-order chi connectivity index (χ1) is 16.2. The molecule has 3 aromatic rings. The van der Waals surface area contributed by atoms with Crippen LogP contribution < -0.4 is 10.1 Å². The standard InChI is InChI=1S/C27H39N5O2/c1-8-31(9-2)16-12-13-19(3)28-26(33)21-17-22(20-14-10-11-15-23(20)34-7)32-25(29-21)18-24(30-32)27(4,5)6/h10-11,14-15,17-19H,8-9,12-13,16H2,1-7H3,(H,28,33). The zero-order valence-electron chi connectivity index (χ0n) is 21.7. The molecule has 0 saturated carbocycles. The van der Waals surface area contributed by atoms with E-state index in [0.717, 1.165) is 55.2 Å². The summed E-state index contributed by atoms with van der Waals surface area (Å²) >= 11 is 0. The number of benzene rings is 1. The predicted octanol–water partition coefficient (Wildman–Crippen LogP) is 4.94. The minimum atomic E-state index is -0.174. The Kier molecular flexibility index (Phi) is 8.31. The Hall–Kier alpha value is -2.93. The molecule has 0 radical (unpaired) electrons. The van der Waals surface area contributed by atoms with Crippen LogP contribution >= 0.6 is 0 Å². The minimum absolute atomic E-state index is 0.0610. The lowest BCUT2D eigenvalue weighted by molar-refractivity contribution is 0.0932. The van der Waals surface area contributed by atoms with Crippen molar-refractivity contribution in [3.05, 3.63) is 47.8 Å². The molecule has 184 valence electrons. The van der Waals surface area contributed by atoms with E-state index in [9.17, 15) is 4.79 Å². The Morgan fingerprint density at radius 3 is 2.53 bits per heavy atom. The number of carbonyl (C=O) groups excluding carboxylic acids is 1. The number of rotatable bonds is 10. The van der Waals surface area contributed by atoms with Gasteiger partial charge in [-0.15, -0.1) is 0 Å². The summed E-state index contributed by atoms with van der Waals surface area (Å²) < 4.78 is 7.41. The third-order valence-corrected chi connectivity index (χ3v) is 6.19. The molecular formula is C27H39N5O2. The Labute approximate surface area is 203 Å².